The maximum absolute atomic E-state index is 15.1. The number of aliphatic hydroxyl groups is 1. The van der Waals surface area contributed by atoms with E-state index < -0.39 is 102 Å². The van der Waals surface area contributed by atoms with Gasteiger partial charge in [-0.05, 0) is 73.8 Å². The van der Waals surface area contributed by atoms with E-state index in [4.69, 9.17) is 5.73 Å². The largest absolute Gasteiger partial charge is 0.480 e. The Balaban J connectivity index is 0.00000283. The van der Waals surface area contributed by atoms with Crippen LogP contribution < -0.4 is 27.0 Å². The van der Waals surface area contributed by atoms with Crippen LogP contribution in [0.3, 0.4) is 0 Å². The van der Waals surface area contributed by atoms with Gasteiger partial charge in [-0.3, -0.25) is 28.8 Å². The SMILES string of the molecule is CC.CC(=O)C(F)F.CC(NC(=O)[C@@H](NC(=O)CBr)C(C)C)C(=O)NC(CCCCNC(=O)C(N)CCN(C(=O)CO)C(c1cc(-c2cc(F)ccc2F)cn1Cc1ccccc1)C(C)(C)C)C(=O)O. The van der Waals surface area contributed by atoms with Crippen molar-refractivity contribution in [2.45, 2.75) is 131 Å². The maximum Gasteiger partial charge on any atom is 0.326 e. The highest BCUT2D eigenvalue weighted by Crippen LogP contribution is 2.41. The van der Waals surface area contributed by atoms with Crippen molar-refractivity contribution >= 4 is 57.2 Å². The first kappa shape index (κ1) is 62.3. The zero-order valence-electron chi connectivity index (χ0n) is 41.3. The average molecular weight is 1060 g/mol. The number of aliphatic carboxylic acids is 1. The van der Waals surface area contributed by atoms with E-state index >= 15 is 4.39 Å². The molecule has 0 saturated heterocycles. The second-order valence-corrected chi connectivity index (χ2v) is 18.1. The zero-order chi connectivity index (χ0) is 53.5. The monoisotopic (exact) mass is 1060 g/mol. The number of benzene rings is 2. The fourth-order valence-corrected chi connectivity index (χ4v) is 7.16. The van der Waals surface area contributed by atoms with E-state index in [1.807, 2.05) is 69.5 Å². The number of hydrogen-bond acceptors (Lipinski definition) is 9. The number of carboxylic acid groups (broad SMARTS) is 1. The van der Waals surface area contributed by atoms with Gasteiger partial charge in [0.1, 0.15) is 36.4 Å². The molecule has 21 heteroatoms. The summed E-state index contributed by atoms with van der Waals surface area (Å²) in [5, 5.41) is 30.1. The number of amides is 5. The van der Waals surface area contributed by atoms with Crippen molar-refractivity contribution in [2.75, 3.05) is 25.0 Å². The molecule has 8 N–H and O–H groups in total. The molecule has 3 rings (SSSR count). The Morgan fingerprint density at radius 1 is 0.857 bits per heavy atom. The molecular formula is C49H70BrF4N7O9. The van der Waals surface area contributed by atoms with Crippen LogP contribution >= 0.6 is 15.9 Å². The van der Waals surface area contributed by atoms with E-state index in [2.05, 4.69) is 37.2 Å². The number of nitrogens with zero attached hydrogens (tertiary/aromatic N) is 2. The number of ketones is 1. The normalized spacial score (nSPS) is 13.2. The Hall–Kier alpha value is -5.67. The predicted molar refractivity (Wildman–Crippen MR) is 262 cm³/mol. The molecule has 0 bridgehead atoms. The Morgan fingerprint density at radius 2 is 1.47 bits per heavy atom. The smallest absolute Gasteiger partial charge is 0.326 e. The number of nitrogens with one attached hydrogen (secondary N) is 4. The fourth-order valence-electron chi connectivity index (χ4n) is 7.00. The van der Waals surface area contributed by atoms with Gasteiger partial charge in [0.15, 0.2) is 5.78 Å². The third-order valence-corrected chi connectivity index (χ3v) is 11.0. The minimum absolute atomic E-state index is 0.00241. The van der Waals surface area contributed by atoms with Crippen LogP contribution in [0.4, 0.5) is 17.6 Å². The summed E-state index contributed by atoms with van der Waals surface area (Å²) in [5.41, 5.74) is 7.56. The van der Waals surface area contributed by atoms with Gasteiger partial charge in [0.2, 0.25) is 29.5 Å². The van der Waals surface area contributed by atoms with Crippen molar-refractivity contribution < 1.29 is 61.3 Å². The minimum Gasteiger partial charge on any atom is -0.480 e. The van der Waals surface area contributed by atoms with E-state index in [1.165, 1.54) is 11.8 Å². The van der Waals surface area contributed by atoms with Crippen molar-refractivity contribution in [3.05, 3.63) is 83.7 Å². The van der Waals surface area contributed by atoms with Gasteiger partial charge in [-0.25, -0.2) is 22.4 Å². The summed E-state index contributed by atoms with van der Waals surface area (Å²) in [5.74, 6) is -6.77. The lowest BCUT2D eigenvalue weighted by Crippen LogP contribution is -2.56. The Bertz CT molecular complexity index is 2170. The molecule has 5 atom stereocenters. The molecule has 5 amide bonds. The summed E-state index contributed by atoms with van der Waals surface area (Å²) in [6.45, 7) is 15.0. The van der Waals surface area contributed by atoms with Gasteiger partial charge in [0.25, 0.3) is 6.43 Å². The van der Waals surface area contributed by atoms with Gasteiger partial charge < -0.3 is 46.7 Å². The lowest BCUT2D eigenvalue weighted by molar-refractivity contribution is -0.142. The van der Waals surface area contributed by atoms with Gasteiger partial charge in [-0.1, -0.05) is 94.7 Å². The van der Waals surface area contributed by atoms with Crippen LogP contribution in [-0.4, -0.2) is 117 Å². The number of halogens is 5. The summed E-state index contributed by atoms with van der Waals surface area (Å²) in [7, 11) is 0. The second kappa shape index (κ2) is 30.8. The summed E-state index contributed by atoms with van der Waals surface area (Å²) in [6.07, 6.45) is -0.445. The summed E-state index contributed by atoms with van der Waals surface area (Å²) >= 11 is 3.03. The summed E-state index contributed by atoms with van der Waals surface area (Å²) in [4.78, 5) is 86.9. The fraction of sp³-hybridized carbons (Fsp3) is 0.531. The highest BCUT2D eigenvalue weighted by atomic mass is 79.9. The van der Waals surface area contributed by atoms with Crippen LogP contribution in [0.15, 0.2) is 60.8 Å². The van der Waals surface area contributed by atoms with Crippen LogP contribution in [0.1, 0.15) is 105 Å². The molecule has 0 radical (unpaired) electrons. The van der Waals surface area contributed by atoms with Crippen LogP contribution in [0.25, 0.3) is 11.1 Å². The number of Topliss-reactive ketones (excluding diaryl/α,β-unsaturated/α-hetero) is 1. The lowest BCUT2D eigenvalue weighted by Gasteiger charge is -2.41. The third kappa shape index (κ3) is 20.7. The number of carbonyl (C=O) groups is 7. The molecule has 1 heterocycles. The Kier molecular flexibility index (Phi) is 27.5. The molecule has 0 spiro atoms. The highest BCUT2D eigenvalue weighted by molar-refractivity contribution is 9.09. The number of alkyl halides is 3. The van der Waals surface area contributed by atoms with Crippen molar-refractivity contribution in [2.24, 2.45) is 17.1 Å². The molecular weight excluding hydrogens is 986 g/mol. The lowest BCUT2D eigenvalue weighted by atomic mass is 9.82. The molecule has 390 valence electrons. The molecule has 0 aliphatic rings. The van der Waals surface area contributed by atoms with Crippen LogP contribution in [0, 0.1) is 23.0 Å². The molecule has 4 unspecified atom stereocenters. The third-order valence-electron chi connectivity index (χ3n) is 10.5. The van der Waals surface area contributed by atoms with Gasteiger partial charge in [0.05, 0.1) is 17.4 Å². The number of carboxylic acids is 1. The number of aromatic nitrogens is 1. The first-order valence-electron chi connectivity index (χ1n) is 22.9. The van der Waals surface area contributed by atoms with Crippen molar-refractivity contribution in [1.29, 1.82) is 0 Å². The van der Waals surface area contributed by atoms with Crippen molar-refractivity contribution in [3.8, 4) is 11.1 Å². The molecule has 3 aromatic rings. The number of rotatable bonds is 24. The predicted octanol–water partition coefficient (Wildman–Crippen LogP) is 5.87. The highest BCUT2D eigenvalue weighted by Gasteiger charge is 2.38. The van der Waals surface area contributed by atoms with Gasteiger partial charge in [-0.15, -0.1) is 0 Å². The maximum atomic E-state index is 15.1. The Morgan fingerprint density at radius 3 is 2.00 bits per heavy atom. The van der Waals surface area contributed by atoms with Crippen molar-refractivity contribution in [1.82, 2.24) is 30.7 Å². The number of hydrogen-bond donors (Lipinski definition) is 7. The minimum atomic E-state index is -2.79. The quantitative estimate of drug-likeness (QED) is 0.0320. The molecule has 0 fully saturated rings. The topological polar surface area (TPSA) is 242 Å². The standard InChI is InChI=1S/C44H60BrF2N7O8.C3H4F2O.C2H6/c1-26(2)38(52-36(56)22-45)42(60)50-27(3)40(58)51-34(43(61)62)14-10-11-18-49-41(59)33(48)17-19-54(37(57)25-55)39(44(4,5)6)35-20-29(31-21-30(46)15-16-32(31)47)24-53(35)23-28-12-8-7-9-13-28;1-2(6)3(4)5;1-2/h7-9,12-13,15-16,20-21,24,26-27,33-34,38-39,55H,10-11,14,17-19,22-23,25,48H2,1-6H3,(H,49,59)(H,50,60)(H,51,58)(H,52,56)(H,61,62);3H,1H3;1-2H3/t27?,33?,34?,38-,39?;;/m0../s1. The van der Waals surface area contributed by atoms with Crippen LogP contribution in [0.2, 0.25) is 0 Å². The summed E-state index contributed by atoms with van der Waals surface area (Å²) < 4.78 is 52.9. The van der Waals surface area contributed by atoms with E-state index in [0.717, 1.165) is 30.7 Å². The number of carbonyl (C=O) groups excluding carboxylic acids is 6. The molecule has 0 saturated carbocycles. The van der Waals surface area contributed by atoms with Crippen LogP contribution in [0.5, 0.6) is 0 Å². The first-order chi connectivity index (χ1) is 32.8. The van der Waals surface area contributed by atoms with E-state index in [-0.39, 0.29) is 49.2 Å². The van der Waals surface area contributed by atoms with Gasteiger partial charge in [-0.2, -0.15) is 0 Å². The number of nitrogens with two attached hydrogens (primary N) is 1. The average Bonchev–Trinajstić information content (AvgIpc) is 3.71. The zero-order valence-corrected chi connectivity index (χ0v) is 42.9. The van der Waals surface area contributed by atoms with Crippen LogP contribution in [-0.2, 0) is 40.1 Å². The number of unbranched alkanes of at least 4 members (excludes halogenated alkanes) is 1. The first-order valence-corrected chi connectivity index (χ1v) is 24.0. The van der Waals surface area contributed by atoms with Gasteiger partial charge >= 0.3 is 5.97 Å². The second-order valence-electron chi connectivity index (χ2n) is 17.6. The van der Waals surface area contributed by atoms with Crippen molar-refractivity contribution in [3.63, 3.8) is 0 Å². The van der Waals surface area contributed by atoms with E-state index in [9.17, 15) is 56.9 Å². The van der Waals surface area contributed by atoms with Gasteiger partial charge in [0, 0.05) is 49.6 Å². The molecule has 0 aliphatic carbocycles. The molecule has 16 nitrogen and oxygen atoms in total. The molecule has 0 aliphatic heterocycles. The molecule has 70 heavy (non-hydrogen) atoms. The summed E-state index contributed by atoms with van der Waals surface area (Å²) in [6, 6.07) is 9.26. The van der Waals surface area contributed by atoms with E-state index in [0.29, 0.717) is 24.2 Å². The molecule has 1 aromatic heterocycles. The van der Waals surface area contributed by atoms with E-state index in [1.54, 1.807) is 26.1 Å². The molecule has 2 aromatic carbocycles. The number of aliphatic hydroxyl groups excluding tert-OH is 1. The Labute approximate surface area is 416 Å².